The number of nitrogens with two attached hydrogens (primary N) is 1. The van der Waals surface area contributed by atoms with E-state index >= 15 is 0 Å². The third kappa shape index (κ3) is 3.95. The van der Waals surface area contributed by atoms with Crippen molar-refractivity contribution in [3.63, 3.8) is 0 Å². The Balaban J connectivity index is 2.40. The molecule has 0 bridgehead atoms. The second-order valence-electron chi connectivity index (χ2n) is 5.69. The van der Waals surface area contributed by atoms with Crippen LogP contribution in [0.3, 0.4) is 0 Å². The Morgan fingerprint density at radius 2 is 1.83 bits per heavy atom. The highest BCUT2D eigenvalue weighted by atomic mass is 16.3. The van der Waals surface area contributed by atoms with Gasteiger partial charge < -0.3 is 16.2 Å². The van der Waals surface area contributed by atoms with E-state index < -0.39 is 0 Å². The summed E-state index contributed by atoms with van der Waals surface area (Å²) in [6, 6.07) is 0.275. The predicted molar refractivity (Wildman–Crippen MR) is 73.0 cm³/mol. The molecule has 0 atom stereocenters. The van der Waals surface area contributed by atoms with Crippen molar-refractivity contribution in [2.24, 2.45) is 17.1 Å². The average molecular weight is 256 g/mol. The average Bonchev–Trinajstić information content (AvgIpc) is 2.41. The number of carbonyl (C=O) groups is 1. The molecule has 1 saturated carbocycles. The lowest BCUT2D eigenvalue weighted by atomic mass is 9.82. The fourth-order valence-electron chi connectivity index (χ4n) is 2.58. The van der Waals surface area contributed by atoms with E-state index in [4.69, 9.17) is 5.73 Å². The Bertz CT molecular complexity index is 248. The number of carbonyl (C=O) groups excluding carboxylic acids is 1. The summed E-state index contributed by atoms with van der Waals surface area (Å²) in [4.78, 5) is 12.1. The summed E-state index contributed by atoms with van der Waals surface area (Å²) in [6.45, 7) is 4.84. The molecule has 0 saturated heterocycles. The molecule has 1 amide bonds. The SMILES string of the molecule is CCC(CC)(CO)CNC(=O)C1CCC(N)CC1. The number of hydrogen-bond donors (Lipinski definition) is 3. The van der Waals surface area contributed by atoms with Crippen LogP contribution in [0, 0.1) is 11.3 Å². The highest BCUT2D eigenvalue weighted by Gasteiger charge is 2.29. The molecule has 0 aliphatic heterocycles. The third-order valence-corrected chi connectivity index (χ3v) is 4.62. The monoisotopic (exact) mass is 256 g/mol. The molecule has 4 heteroatoms. The standard InChI is InChI=1S/C14H28N2O2/c1-3-14(4-2,10-17)9-16-13(18)11-5-7-12(15)8-6-11/h11-12,17H,3-10,15H2,1-2H3,(H,16,18). The van der Waals surface area contributed by atoms with Gasteiger partial charge in [-0.3, -0.25) is 4.79 Å². The summed E-state index contributed by atoms with van der Waals surface area (Å²) >= 11 is 0. The summed E-state index contributed by atoms with van der Waals surface area (Å²) in [7, 11) is 0. The second-order valence-corrected chi connectivity index (χ2v) is 5.69. The lowest BCUT2D eigenvalue weighted by molar-refractivity contribution is -0.126. The largest absolute Gasteiger partial charge is 0.396 e. The Kier molecular flexibility index (Phi) is 6.09. The van der Waals surface area contributed by atoms with Gasteiger partial charge in [-0.2, -0.15) is 0 Å². The van der Waals surface area contributed by atoms with Crippen molar-refractivity contribution < 1.29 is 9.90 Å². The van der Waals surface area contributed by atoms with Gasteiger partial charge in [0.2, 0.25) is 5.91 Å². The Hall–Kier alpha value is -0.610. The Labute approximate surface area is 110 Å². The molecule has 0 heterocycles. The van der Waals surface area contributed by atoms with E-state index in [1.807, 2.05) is 0 Å². The molecule has 106 valence electrons. The fourth-order valence-corrected chi connectivity index (χ4v) is 2.58. The van der Waals surface area contributed by atoms with Crippen LogP contribution in [0.15, 0.2) is 0 Å². The molecule has 0 aromatic rings. The Morgan fingerprint density at radius 3 is 2.28 bits per heavy atom. The van der Waals surface area contributed by atoms with E-state index in [1.54, 1.807) is 0 Å². The Morgan fingerprint density at radius 1 is 1.28 bits per heavy atom. The van der Waals surface area contributed by atoms with Crippen LogP contribution in [0.25, 0.3) is 0 Å². The third-order valence-electron chi connectivity index (χ3n) is 4.62. The number of amides is 1. The molecule has 4 N–H and O–H groups in total. The van der Waals surface area contributed by atoms with Crippen molar-refractivity contribution in [2.45, 2.75) is 58.4 Å². The smallest absolute Gasteiger partial charge is 0.223 e. The number of hydrogen-bond acceptors (Lipinski definition) is 3. The summed E-state index contributed by atoms with van der Waals surface area (Å²) in [5, 5.41) is 12.5. The molecule has 1 fully saturated rings. The van der Waals surface area contributed by atoms with Crippen LogP contribution in [-0.4, -0.2) is 30.2 Å². The van der Waals surface area contributed by atoms with Crippen LogP contribution in [-0.2, 0) is 4.79 Å². The first kappa shape index (κ1) is 15.4. The summed E-state index contributed by atoms with van der Waals surface area (Å²) in [6.07, 6.45) is 5.47. The molecule has 1 aliphatic rings. The molecule has 0 aromatic carbocycles. The van der Waals surface area contributed by atoms with Crippen molar-refractivity contribution in [2.75, 3.05) is 13.2 Å². The first-order valence-corrected chi connectivity index (χ1v) is 7.21. The van der Waals surface area contributed by atoms with Gasteiger partial charge in [-0.25, -0.2) is 0 Å². The zero-order chi connectivity index (χ0) is 13.6. The van der Waals surface area contributed by atoms with Crippen LogP contribution in [0.2, 0.25) is 0 Å². The zero-order valence-corrected chi connectivity index (χ0v) is 11.7. The number of nitrogens with one attached hydrogen (secondary N) is 1. The lowest BCUT2D eigenvalue weighted by Gasteiger charge is -2.31. The minimum atomic E-state index is -0.152. The normalized spacial score (nSPS) is 24.9. The minimum Gasteiger partial charge on any atom is -0.396 e. The van der Waals surface area contributed by atoms with Crippen LogP contribution in [0.1, 0.15) is 52.4 Å². The topological polar surface area (TPSA) is 75.3 Å². The van der Waals surface area contributed by atoms with Crippen LogP contribution < -0.4 is 11.1 Å². The van der Waals surface area contributed by atoms with Crippen LogP contribution in [0.5, 0.6) is 0 Å². The van der Waals surface area contributed by atoms with Crippen molar-refractivity contribution in [1.29, 1.82) is 0 Å². The number of aliphatic hydroxyl groups is 1. The maximum atomic E-state index is 12.1. The summed E-state index contributed by atoms with van der Waals surface area (Å²) in [5.41, 5.74) is 5.69. The molecular weight excluding hydrogens is 228 g/mol. The van der Waals surface area contributed by atoms with Gasteiger partial charge in [0.15, 0.2) is 0 Å². The van der Waals surface area contributed by atoms with Crippen molar-refractivity contribution in [1.82, 2.24) is 5.32 Å². The highest BCUT2D eigenvalue weighted by molar-refractivity contribution is 5.78. The van der Waals surface area contributed by atoms with E-state index in [2.05, 4.69) is 19.2 Å². The highest BCUT2D eigenvalue weighted by Crippen LogP contribution is 2.26. The van der Waals surface area contributed by atoms with E-state index in [0.717, 1.165) is 38.5 Å². The minimum absolute atomic E-state index is 0.120. The molecular formula is C14H28N2O2. The molecule has 4 nitrogen and oxygen atoms in total. The fraction of sp³-hybridized carbons (Fsp3) is 0.929. The van der Waals surface area contributed by atoms with Gasteiger partial charge in [-0.1, -0.05) is 13.8 Å². The van der Waals surface area contributed by atoms with Gasteiger partial charge >= 0.3 is 0 Å². The van der Waals surface area contributed by atoms with Gasteiger partial charge in [0.05, 0.1) is 6.61 Å². The van der Waals surface area contributed by atoms with E-state index in [1.165, 1.54) is 0 Å². The predicted octanol–water partition coefficient (Wildman–Crippen LogP) is 1.42. The second kappa shape index (κ2) is 7.10. The van der Waals surface area contributed by atoms with Crippen molar-refractivity contribution >= 4 is 5.91 Å². The van der Waals surface area contributed by atoms with Crippen LogP contribution in [0.4, 0.5) is 0 Å². The lowest BCUT2D eigenvalue weighted by Crippen LogP contribution is -2.43. The molecule has 1 rings (SSSR count). The first-order chi connectivity index (χ1) is 8.56. The van der Waals surface area contributed by atoms with Gasteiger partial charge in [0.25, 0.3) is 0 Å². The van der Waals surface area contributed by atoms with E-state index in [0.29, 0.717) is 6.54 Å². The molecule has 0 aromatic heterocycles. The zero-order valence-electron chi connectivity index (χ0n) is 11.7. The van der Waals surface area contributed by atoms with E-state index in [9.17, 15) is 9.90 Å². The summed E-state index contributed by atoms with van der Waals surface area (Å²) < 4.78 is 0. The van der Waals surface area contributed by atoms with Gasteiger partial charge in [-0.05, 0) is 38.5 Å². The van der Waals surface area contributed by atoms with Gasteiger partial charge in [-0.15, -0.1) is 0 Å². The van der Waals surface area contributed by atoms with Crippen molar-refractivity contribution in [3.05, 3.63) is 0 Å². The number of aliphatic hydroxyl groups excluding tert-OH is 1. The molecule has 0 radical (unpaired) electrons. The molecule has 1 aliphatic carbocycles. The summed E-state index contributed by atoms with van der Waals surface area (Å²) in [5.74, 6) is 0.261. The molecule has 18 heavy (non-hydrogen) atoms. The maximum absolute atomic E-state index is 12.1. The molecule has 0 unspecified atom stereocenters. The van der Waals surface area contributed by atoms with Crippen LogP contribution >= 0.6 is 0 Å². The van der Waals surface area contributed by atoms with Gasteiger partial charge in [0, 0.05) is 23.9 Å². The maximum Gasteiger partial charge on any atom is 0.223 e. The first-order valence-electron chi connectivity index (χ1n) is 7.21. The number of rotatable bonds is 6. The molecule has 0 spiro atoms. The quantitative estimate of drug-likeness (QED) is 0.673. The van der Waals surface area contributed by atoms with Crippen molar-refractivity contribution in [3.8, 4) is 0 Å². The van der Waals surface area contributed by atoms with Gasteiger partial charge in [0.1, 0.15) is 0 Å². The van der Waals surface area contributed by atoms with E-state index in [-0.39, 0.29) is 29.9 Å².